The van der Waals surface area contributed by atoms with E-state index >= 15 is 0 Å². The van der Waals surface area contributed by atoms with Gasteiger partial charge in [0.2, 0.25) is 0 Å². The summed E-state index contributed by atoms with van der Waals surface area (Å²) in [6.45, 7) is 2.57. The lowest BCUT2D eigenvalue weighted by Crippen LogP contribution is -2.54. The molecule has 0 unspecified atom stereocenters. The van der Waals surface area contributed by atoms with Crippen molar-refractivity contribution in [2.75, 3.05) is 11.5 Å². The van der Waals surface area contributed by atoms with Crippen molar-refractivity contribution < 1.29 is 19.1 Å². The Bertz CT molecular complexity index is 1430. The molecule has 3 aromatic rings. The van der Waals surface area contributed by atoms with Gasteiger partial charge in [0.15, 0.2) is 16.6 Å². The number of amides is 2. The summed E-state index contributed by atoms with van der Waals surface area (Å²) in [4.78, 5) is 27.3. The van der Waals surface area contributed by atoms with E-state index in [1.807, 2.05) is 31.2 Å². The van der Waals surface area contributed by atoms with Crippen LogP contribution >= 0.6 is 67.3 Å². The Kier molecular flexibility index (Phi) is 8.92. The number of rotatable bonds is 7. The number of anilines is 1. The highest BCUT2D eigenvalue weighted by atomic mass is 79.9. The van der Waals surface area contributed by atoms with E-state index in [1.54, 1.807) is 30.3 Å². The highest BCUT2D eigenvalue weighted by molar-refractivity contribution is 9.10. The summed E-state index contributed by atoms with van der Waals surface area (Å²) in [5, 5.41) is 2.84. The van der Waals surface area contributed by atoms with Crippen LogP contribution in [0.25, 0.3) is 6.08 Å². The zero-order valence-electron chi connectivity index (χ0n) is 19.2. The van der Waals surface area contributed by atoms with Crippen LogP contribution in [-0.2, 0) is 16.2 Å². The van der Waals surface area contributed by atoms with Crippen molar-refractivity contribution in [2.45, 2.75) is 13.5 Å². The molecule has 190 valence electrons. The Morgan fingerprint density at radius 1 is 1.03 bits per heavy atom. The van der Waals surface area contributed by atoms with Crippen molar-refractivity contribution in [1.82, 2.24) is 5.32 Å². The fraction of sp³-hybridized carbons (Fsp3) is 0.115. The molecule has 0 aromatic heterocycles. The molecule has 0 radical (unpaired) electrons. The topological polar surface area (TPSA) is 67.9 Å². The van der Waals surface area contributed by atoms with Crippen LogP contribution < -0.4 is 19.7 Å². The van der Waals surface area contributed by atoms with Gasteiger partial charge in [0.1, 0.15) is 12.2 Å². The highest BCUT2D eigenvalue weighted by Crippen LogP contribution is 2.37. The lowest BCUT2D eigenvalue weighted by Gasteiger charge is -2.29. The normalized spacial score (nSPS) is 14.7. The minimum atomic E-state index is -0.640. The number of nitrogens with zero attached hydrogens (tertiary/aromatic N) is 1. The predicted octanol–water partition coefficient (Wildman–Crippen LogP) is 7.33. The number of hydrogen-bond donors (Lipinski definition) is 1. The van der Waals surface area contributed by atoms with Crippen molar-refractivity contribution in [3.8, 4) is 11.5 Å². The van der Waals surface area contributed by atoms with Gasteiger partial charge in [0, 0.05) is 8.95 Å². The van der Waals surface area contributed by atoms with E-state index in [0.29, 0.717) is 34.7 Å². The van der Waals surface area contributed by atoms with Gasteiger partial charge in [-0.2, -0.15) is 0 Å². The lowest BCUT2D eigenvalue weighted by molar-refractivity contribution is -0.122. The highest BCUT2D eigenvalue weighted by Gasteiger charge is 2.36. The van der Waals surface area contributed by atoms with Crippen molar-refractivity contribution in [1.29, 1.82) is 0 Å². The van der Waals surface area contributed by atoms with Gasteiger partial charge in [-0.3, -0.25) is 19.8 Å². The Labute approximate surface area is 245 Å². The summed E-state index contributed by atoms with van der Waals surface area (Å²) >= 11 is 24.6. The van der Waals surface area contributed by atoms with Crippen molar-refractivity contribution in [2.24, 2.45) is 0 Å². The molecular formula is C26H18Br2Cl2N2O4S. The van der Waals surface area contributed by atoms with Crippen molar-refractivity contribution in [3.05, 3.63) is 90.3 Å². The van der Waals surface area contributed by atoms with Gasteiger partial charge >= 0.3 is 0 Å². The number of thiocarbonyl (C=S) groups is 1. The summed E-state index contributed by atoms with van der Waals surface area (Å²) < 4.78 is 13.4. The third-order valence-electron chi connectivity index (χ3n) is 5.24. The molecule has 4 rings (SSSR count). The van der Waals surface area contributed by atoms with Crippen LogP contribution in [0.3, 0.4) is 0 Å². The van der Waals surface area contributed by atoms with E-state index in [-0.39, 0.29) is 26.4 Å². The zero-order chi connectivity index (χ0) is 26.7. The average Bonchev–Trinajstić information content (AvgIpc) is 2.86. The second-order valence-corrected chi connectivity index (χ2v) is 10.6. The molecule has 0 aliphatic carbocycles. The van der Waals surface area contributed by atoms with Crippen molar-refractivity contribution in [3.63, 3.8) is 0 Å². The van der Waals surface area contributed by atoms with E-state index in [0.717, 1.165) is 14.9 Å². The van der Waals surface area contributed by atoms with Gasteiger partial charge in [-0.05, 0) is 72.7 Å². The van der Waals surface area contributed by atoms with Crippen LogP contribution in [0.5, 0.6) is 11.5 Å². The first kappa shape index (κ1) is 27.6. The molecule has 3 aromatic carbocycles. The SMILES string of the molecule is CCOc1cc(/C=C2\C(=O)NC(=S)N(c3cccc(Cl)c3Cl)C2=O)c(Br)cc1OCc1ccc(Br)cc1. The summed E-state index contributed by atoms with van der Waals surface area (Å²) in [6, 6.07) is 16.0. The lowest BCUT2D eigenvalue weighted by atomic mass is 10.1. The molecule has 0 saturated carbocycles. The van der Waals surface area contributed by atoms with E-state index in [4.69, 9.17) is 44.9 Å². The first-order valence-electron chi connectivity index (χ1n) is 10.9. The van der Waals surface area contributed by atoms with E-state index in [9.17, 15) is 9.59 Å². The quantitative estimate of drug-likeness (QED) is 0.160. The van der Waals surface area contributed by atoms with E-state index < -0.39 is 11.8 Å². The van der Waals surface area contributed by atoms with Gasteiger partial charge < -0.3 is 9.47 Å². The maximum absolute atomic E-state index is 13.4. The van der Waals surface area contributed by atoms with Crippen LogP contribution in [0.1, 0.15) is 18.1 Å². The molecule has 0 atom stereocenters. The molecule has 0 spiro atoms. The Morgan fingerprint density at radius 3 is 2.43 bits per heavy atom. The molecular weight excluding hydrogens is 667 g/mol. The molecule has 1 heterocycles. The number of hydrogen-bond acceptors (Lipinski definition) is 5. The number of carbonyl (C=O) groups is 2. The number of carbonyl (C=O) groups excluding carboxylic acids is 2. The second-order valence-electron chi connectivity index (χ2n) is 7.70. The van der Waals surface area contributed by atoms with Crippen LogP contribution in [0.15, 0.2) is 69.1 Å². The number of halogens is 4. The number of benzene rings is 3. The van der Waals surface area contributed by atoms with Gasteiger partial charge in [-0.25, -0.2) is 0 Å². The molecule has 1 fully saturated rings. The molecule has 6 nitrogen and oxygen atoms in total. The fourth-order valence-corrected chi connectivity index (χ4v) is 4.84. The standard InChI is InChI=1S/C26H18Br2Cl2N2O4S/c1-2-35-21-11-15(18(28)12-22(21)36-13-14-6-8-16(27)9-7-14)10-17-24(33)31-26(37)32(25(17)34)20-5-3-4-19(29)23(20)30/h3-12H,2,13H2,1H3,(H,31,33,37)/b17-10+. The average molecular weight is 685 g/mol. The first-order chi connectivity index (χ1) is 17.7. The molecule has 0 bridgehead atoms. The third-order valence-corrected chi connectivity index (χ3v) is 7.55. The van der Waals surface area contributed by atoms with Gasteiger partial charge in [-0.15, -0.1) is 0 Å². The van der Waals surface area contributed by atoms with Crippen molar-refractivity contribution >= 4 is 96.0 Å². The largest absolute Gasteiger partial charge is 0.490 e. The van der Waals surface area contributed by atoms with Crippen LogP contribution in [0, 0.1) is 0 Å². The zero-order valence-corrected chi connectivity index (χ0v) is 24.7. The maximum atomic E-state index is 13.4. The molecule has 2 amide bonds. The molecule has 1 aliphatic heterocycles. The minimum Gasteiger partial charge on any atom is -0.490 e. The van der Waals surface area contributed by atoms with E-state index in [1.165, 1.54) is 6.08 Å². The molecule has 1 saturated heterocycles. The van der Waals surface area contributed by atoms with Gasteiger partial charge in [-0.1, -0.05) is 73.3 Å². The number of ether oxygens (including phenoxy) is 2. The molecule has 37 heavy (non-hydrogen) atoms. The van der Waals surface area contributed by atoms with Crippen LogP contribution in [0.4, 0.5) is 5.69 Å². The summed E-state index contributed by atoms with van der Waals surface area (Å²) in [7, 11) is 0. The molecule has 11 heteroatoms. The summed E-state index contributed by atoms with van der Waals surface area (Å²) in [5.41, 5.74) is 1.63. The minimum absolute atomic E-state index is 0.0953. The third kappa shape index (κ3) is 6.18. The van der Waals surface area contributed by atoms with Gasteiger partial charge in [0.05, 0.1) is 22.3 Å². The van der Waals surface area contributed by atoms with Crippen LogP contribution in [-0.4, -0.2) is 23.5 Å². The smallest absolute Gasteiger partial charge is 0.270 e. The van der Waals surface area contributed by atoms with E-state index in [2.05, 4.69) is 37.2 Å². The van der Waals surface area contributed by atoms with Crippen LogP contribution in [0.2, 0.25) is 10.0 Å². The predicted molar refractivity (Wildman–Crippen MR) is 156 cm³/mol. The maximum Gasteiger partial charge on any atom is 0.270 e. The number of nitrogens with one attached hydrogen (secondary N) is 1. The first-order valence-corrected chi connectivity index (χ1v) is 13.6. The fourth-order valence-electron chi connectivity index (χ4n) is 3.48. The molecule has 1 aliphatic rings. The summed E-state index contributed by atoms with van der Waals surface area (Å²) in [5.74, 6) is -0.307. The van der Waals surface area contributed by atoms with Gasteiger partial charge in [0.25, 0.3) is 11.8 Å². The second kappa shape index (κ2) is 12.0. The Balaban J connectivity index is 1.68. The molecule has 1 N–H and O–H groups in total. The Hall–Kier alpha value is -2.43. The monoisotopic (exact) mass is 682 g/mol. The Morgan fingerprint density at radius 2 is 1.73 bits per heavy atom. The summed E-state index contributed by atoms with van der Waals surface area (Å²) in [6.07, 6.45) is 1.45.